The van der Waals surface area contributed by atoms with E-state index >= 15 is 0 Å². The van der Waals surface area contributed by atoms with Gasteiger partial charge in [-0.1, -0.05) is 28.1 Å². The van der Waals surface area contributed by atoms with Crippen molar-refractivity contribution < 1.29 is 4.79 Å². The number of halogens is 1. The molecule has 3 heteroatoms. The third-order valence-electron chi connectivity index (χ3n) is 2.56. The molecule has 2 nitrogen and oxygen atoms in total. The molecule has 0 atom stereocenters. The maximum Gasteiger partial charge on any atom is 0.217 e. The molecule has 0 bridgehead atoms. The van der Waals surface area contributed by atoms with Crippen molar-refractivity contribution in [1.82, 2.24) is 5.32 Å². The van der Waals surface area contributed by atoms with E-state index in [0.717, 1.165) is 17.3 Å². The van der Waals surface area contributed by atoms with E-state index in [1.54, 1.807) is 6.92 Å². The van der Waals surface area contributed by atoms with Crippen LogP contribution in [0.5, 0.6) is 0 Å². The molecule has 1 aliphatic rings. The molecule has 0 aliphatic heterocycles. The Bertz CT molecular complexity index is 354. The lowest BCUT2D eigenvalue weighted by Gasteiger charge is -2.16. The van der Waals surface area contributed by atoms with E-state index in [1.807, 2.05) is 12.1 Å². The Morgan fingerprint density at radius 3 is 2.36 bits per heavy atom. The van der Waals surface area contributed by atoms with E-state index in [-0.39, 0.29) is 11.4 Å². The molecule has 1 N–H and O–H groups in total. The zero-order valence-corrected chi connectivity index (χ0v) is 9.60. The summed E-state index contributed by atoms with van der Waals surface area (Å²) in [5, 5.41) is 3.01. The second kappa shape index (κ2) is 3.39. The van der Waals surface area contributed by atoms with Gasteiger partial charge < -0.3 is 5.32 Å². The minimum absolute atomic E-state index is 0.0467. The highest BCUT2D eigenvalue weighted by Crippen LogP contribution is 2.45. The van der Waals surface area contributed by atoms with Crippen LogP contribution in [0.25, 0.3) is 0 Å². The lowest BCUT2D eigenvalue weighted by molar-refractivity contribution is -0.120. The smallest absolute Gasteiger partial charge is 0.217 e. The number of nitrogens with one attached hydrogen (secondary N) is 1. The van der Waals surface area contributed by atoms with Crippen LogP contribution < -0.4 is 5.32 Å². The van der Waals surface area contributed by atoms with Crippen LogP contribution in [0.2, 0.25) is 0 Å². The summed E-state index contributed by atoms with van der Waals surface area (Å²) in [7, 11) is 0. The van der Waals surface area contributed by atoms with Crippen molar-refractivity contribution in [3.63, 3.8) is 0 Å². The maximum absolute atomic E-state index is 11.0. The van der Waals surface area contributed by atoms with Crippen molar-refractivity contribution in [1.29, 1.82) is 0 Å². The second-order valence-electron chi connectivity index (χ2n) is 3.77. The van der Waals surface area contributed by atoms with Gasteiger partial charge in [0.25, 0.3) is 0 Å². The summed E-state index contributed by atoms with van der Waals surface area (Å²) in [5.74, 6) is 0.0467. The Morgan fingerprint density at radius 1 is 1.36 bits per heavy atom. The van der Waals surface area contributed by atoms with Gasteiger partial charge in [-0.2, -0.15) is 0 Å². The number of carbonyl (C=O) groups excluding carboxylic acids is 1. The van der Waals surface area contributed by atoms with Crippen molar-refractivity contribution in [3.05, 3.63) is 34.3 Å². The van der Waals surface area contributed by atoms with E-state index < -0.39 is 0 Å². The first-order chi connectivity index (χ1) is 6.62. The van der Waals surface area contributed by atoms with E-state index in [2.05, 4.69) is 33.4 Å². The van der Waals surface area contributed by atoms with Gasteiger partial charge in [-0.3, -0.25) is 4.79 Å². The van der Waals surface area contributed by atoms with Gasteiger partial charge in [-0.25, -0.2) is 0 Å². The quantitative estimate of drug-likeness (QED) is 0.863. The van der Waals surface area contributed by atoms with Crippen LogP contribution in [0.15, 0.2) is 28.7 Å². The molecule has 2 rings (SSSR count). The van der Waals surface area contributed by atoms with Gasteiger partial charge in [0.2, 0.25) is 5.91 Å². The third kappa shape index (κ3) is 1.82. The summed E-state index contributed by atoms with van der Waals surface area (Å²) in [6, 6.07) is 8.15. The van der Waals surface area contributed by atoms with Crippen LogP contribution in [0.3, 0.4) is 0 Å². The molecule has 1 aromatic rings. The lowest BCUT2D eigenvalue weighted by atomic mass is 10.1. The fraction of sp³-hybridized carbons (Fsp3) is 0.364. The van der Waals surface area contributed by atoms with Crippen LogP contribution in [-0.4, -0.2) is 5.91 Å². The first-order valence-corrected chi connectivity index (χ1v) is 5.46. The van der Waals surface area contributed by atoms with Crippen LogP contribution in [0.1, 0.15) is 25.3 Å². The Labute approximate surface area is 91.8 Å². The van der Waals surface area contributed by atoms with Crippen molar-refractivity contribution in [2.24, 2.45) is 0 Å². The predicted molar refractivity (Wildman–Crippen MR) is 58.9 cm³/mol. The Balaban J connectivity index is 2.22. The number of amides is 1. The molecule has 0 unspecified atom stereocenters. The maximum atomic E-state index is 11.0. The fourth-order valence-electron chi connectivity index (χ4n) is 1.72. The summed E-state index contributed by atoms with van der Waals surface area (Å²) in [5.41, 5.74) is 1.14. The van der Waals surface area contributed by atoms with E-state index in [4.69, 9.17) is 0 Å². The normalized spacial score (nSPS) is 17.6. The SMILES string of the molecule is CC(=O)NC1(c2ccc(Br)cc2)CC1. The number of carbonyl (C=O) groups is 1. The molecule has 0 radical (unpaired) electrons. The number of hydrogen-bond donors (Lipinski definition) is 1. The largest absolute Gasteiger partial charge is 0.347 e. The molecule has 1 fully saturated rings. The van der Waals surface area contributed by atoms with Crippen LogP contribution in [-0.2, 0) is 10.3 Å². The standard InChI is InChI=1S/C11H12BrNO/c1-8(14)13-11(6-7-11)9-2-4-10(12)5-3-9/h2-5H,6-7H2,1H3,(H,13,14). The van der Waals surface area contributed by atoms with Crippen molar-refractivity contribution in [2.75, 3.05) is 0 Å². The zero-order chi connectivity index (χ0) is 10.2. The Kier molecular flexibility index (Phi) is 2.35. The summed E-state index contributed by atoms with van der Waals surface area (Å²) in [6.07, 6.45) is 2.10. The van der Waals surface area contributed by atoms with Gasteiger partial charge in [0.15, 0.2) is 0 Å². The molecule has 1 aromatic carbocycles. The number of hydrogen-bond acceptors (Lipinski definition) is 1. The fourth-order valence-corrected chi connectivity index (χ4v) is 1.98. The molecule has 0 spiro atoms. The van der Waals surface area contributed by atoms with Gasteiger partial charge in [-0.15, -0.1) is 0 Å². The van der Waals surface area contributed by atoms with E-state index in [9.17, 15) is 4.79 Å². The van der Waals surface area contributed by atoms with Gasteiger partial charge in [0.1, 0.15) is 0 Å². The molecule has 0 aromatic heterocycles. The lowest BCUT2D eigenvalue weighted by Crippen LogP contribution is -2.32. The first kappa shape index (κ1) is 9.71. The van der Waals surface area contributed by atoms with Gasteiger partial charge in [0, 0.05) is 11.4 Å². The second-order valence-corrected chi connectivity index (χ2v) is 4.69. The third-order valence-corrected chi connectivity index (χ3v) is 3.09. The molecular weight excluding hydrogens is 242 g/mol. The molecular formula is C11H12BrNO. The van der Waals surface area contributed by atoms with Crippen molar-refractivity contribution >= 4 is 21.8 Å². The minimum Gasteiger partial charge on any atom is -0.347 e. The van der Waals surface area contributed by atoms with Gasteiger partial charge in [-0.05, 0) is 30.5 Å². The highest BCUT2D eigenvalue weighted by Gasteiger charge is 2.44. The highest BCUT2D eigenvalue weighted by atomic mass is 79.9. The average Bonchev–Trinajstić information content (AvgIpc) is 2.85. The molecule has 1 amide bonds. The topological polar surface area (TPSA) is 29.1 Å². The average molecular weight is 254 g/mol. The van der Waals surface area contributed by atoms with Crippen molar-refractivity contribution in [3.8, 4) is 0 Å². The molecule has 74 valence electrons. The van der Waals surface area contributed by atoms with Crippen molar-refractivity contribution in [2.45, 2.75) is 25.3 Å². The summed E-state index contributed by atoms with van der Waals surface area (Å²) >= 11 is 3.40. The number of benzene rings is 1. The molecule has 1 saturated carbocycles. The first-order valence-electron chi connectivity index (χ1n) is 4.67. The number of rotatable bonds is 2. The van der Waals surface area contributed by atoms with Gasteiger partial charge in [0.05, 0.1) is 5.54 Å². The molecule has 1 aliphatic carbocycles. The van der Waals surface area contributed by atoms with Crippen LogP contribution in [0.4, 0.5) is 0 Å². The zero-order valence-electron chi connectivity index (χ0n) is 8.01. The van der Waals surface area contributed by atoms with Crippen LogP contribution >= 0.6 is 15.9 Å². The van der Waals surface area contributed by atoms with Gasteiger partial charge >= 0.3 is 0 Å². The van der Waals surface area contributed by atoms with Crippen LogP contribution in [0, 0.1) is 0 Å². The Hall–Kier alpha value is -0.830. The Morgan fingerprint density at radius 2 is 1.93 bits per heavy atom. The van der Waals surface area contributed by atoms with E-state index in [1.165, 1.54) is 5.56 Å². The molecule has 0 heterocycles. The minimum atomic E-state index is -0.0630. The predicted octanol–water partition coefficient (Wildman–Crippen LogP) is 2.57. The highest BCUT2D eigenvalue weighted by molar-refractivity contribution is 9.10. The summed E-state index contributed by atoms with van der Waals surface area (Å²) < 4.78 is 1.07. The summed E-state index contributed by atoms with van der Waals surface area (Å²) in [6.45, 7) is 1.57. The molecule has 0 saturated heterocycles. The van der Waals surface area contributed by atoms with E-state index in [0.29, 0.717) is 0 Å². The monoisotopic (exact) mass is 253 g/mol. The summed E-state index contributed by atoms with van der Waals surface area (Å²) in [4.78, 5) is 11.0. The molecule has 14 heavy (non-hydrogen) atoms.